The van der Waals surface area contributed by atoms with E-state index in [1.807, 2.05) is 16.8 Å². The fourth-order valence-electron chi connectivity index (χ4n) is 1.78. The Balaban J connectivity index is 1.76. The van der Waals surface area contributed by atoms with Gasteiger partial charge in [-0.3, -0.25) is 4.79 Å². The summed E-state index contributed by atoms with van der Waals surface area (Å²) in [6.07, 6.45) is 0. The van der Waals surface area contributed by atoms with E-state index in [0.29, 0.717) is 16.7 Å². The minimum Gasteiger partial charge on any atom is -0.485 e. The SMILES string of the molecule is NC(=O)c1ccc(Cl)cc1OCc1noc(-c2ccsc2)n1. The molecule has 3 aromatic rings. The standard InChI is InChI=1S/C14H10ClN3O3S/c15-9-1-2-10(13(16)19)11(5-9)20-6-12-17-14(21-18-12)8-3-4-22-7-8/h1-5,7H,6H2,(H2,16,19). The summed E-state index contributed by atoms with van der Waals surface area (Å²) >= 11 is 7.43. The van der Waals surface area contributed by atoms with Crippen molar-refractivity contribution in [3.05, 3.63) is 51.4 Å². The number of carbonyl (C=O) groups excluding carboxylic acids is 1. The average Bonchev–Trinajstić information content (AvgIpc) is 3.16. The predicted molar refractivity (Wildman–Crippen MR) is 81.9 cm³/mol. The molecule has 3 rings (SSSR count). The molecule has 0 atom stereocenters. The molecule has 0 saturated carbocycles. The molecular weight excluding hydrogens is 326 g/mol. The van der Waals surface area contributed by atoms with E-state index in [-0.39, 0.29) is 17.9 Å². The molecule has 0 aliphatic carbocycles. The maximum Gasteiger partial charge on any atom is 0.258 e. The summed E-state index contributed by atoms with van der Waals surface area (Å²) in [5.74, 6) is 0.457. The molecule has 0 spiro atoms. The van der Waals surface area contributed by atoms with E-state index in [0.717, 1.165) is 5.56 Å². The zero-order valence-corrected chi connectivity index (χ0v) is 12.7. The van der Waals surface area contributed by atoms with Gasteiger partial charge >= 0.3 is 0 Å². The van der Waals surface area contributed by atoms with Gasteiger partial charge in [0.1, 0.15) is 5.75 Å². The molecule has 8 heteroatoms. The van der Waals surface area contributed by atoms with Crippen molar-refractivity contribution in [1.82, 2.24) is 10.1 Å². The molecule has 2 aromatic heterocycles. The van der Waals surface area contributed by atoms with Gasteiger partial charge in [-0.1, -0.05) is 16.8 Å². The van der Waals surface area contributed by atoms with Gasteiger partial charge in [-0.2, -0.15) is 16.3 Å². The van der Waals surface area contributed by atoms with Crippen molar-refractivity contribution in [2.45, 2.75) is 6.61 Å². The topological polar surface area (TPSA) is 91.2 Å². The van der Waals surface area contributed by atoms with Gasteiger partial charge in [-0.05, 0) is 29.6 Å². The summed E-state index contributed by atoms with van der Waals surface area (Å²) in [7, 11) is 0. The lowest BCUT2D eigenvalue weighted by atomic mass is 10.2. The lowest BCUT2D eigenvalue weighted by Gasteiger charge is -2.07. The first-order chi connectivity index (χ1) is 10.6. The van der Waals surface area contributed by atoms with E-state index in [1.54, 1.807) is 6.07 Å². The second-order valence-corrected chi connectivity index (χ2v) is 5.54. The van der Waals surface area contributed by atoms with Crippen molar-refractivity contribution < 1.29 is 14.1 Å². The van der Waals surface area contributed by atoms with E-state index >= 15 is 0 Å². The van der Waals surface area contributed by atoms with E-state index in [2.05, 4.69) is 10.1 Å². The lowest BCUT2D eigenvalue weighted by molar-refractivity contribution is 0.0995. The maximum atomic E-state index is 11.4. The number of rotatable bonds is 5. The third kappa shape index (κ3) is 3.10. The number of halogens is 1. The van der Waals surface area contributed by atoms with Crippen LogP contribution in [0, 0.1) is 0 Å². The van der Waals surface area contributed by atoms with Crippen LogP contribution in [-0.2, 0) is 6.61 Å². The van der Waals surface area contributed by atoms with Gasteiger partial charge in [0.2, 0.25) is 5.82 Å². The molecule has 0 radical (unpaired) electrons. The first-order valence-corrected chi connectivity index (χ1v) is 7.53. The Hall–Kier alpha value is -2.38. The van der Waals surface area contributed by atoms with Crippen molar-refractivity contribution in [2.24, 2.45) is 5.73 Å². The summed E-state index contributed by atoms with van der Waals surface area (Å²) in [6, 6.07) is 6.47. The number of primary amides is 1. The minimum atomic E-state index is -0.598. The quantitative estimate of drug-likeness (QED) is 0.773. The van der Waals surface area contributed by atoms with Crippen molar-refractivity contribution in [3.8, 4) is 17.2 Å². The van der Waals surface area contributed by atoms with Crippen LogP contribution in [0.5, 0.6) is 5.75 Å². The largest absolute Gasteiger partial charge is 0.485 e. The normalized spacial score (nSPS) is 10.6. The van der Waals surface area contributed by atoms with Gasteiger partial charge in [0.25, 0.3) is 11.8 Å². The number of aromatic nitrogens is 2. The molecule has 0 bridgehead atoms. The van der Waals surface area contributed by atoms with Gasteiger partial charge in [0, 0.05) is 10.4 Å². The Morgan fingerprint density at radius 2 is 2.27 bits per heavy atom. The van der Waals surface area contributed by atoms with Crippen LogP contribution in [0.3, 0.4) is 0 Å². The summed E-state index contributed by atoms with van der Waals surface area (Å²) in [5.41, 5.74) is 6.38. The van der Waals surface area contributed by atoms with Crippen molar-refractivity contribution in [3.63, 3.8) is 0 Å². The second kappa shape index (κ2) is 6.17. The highest BCUT2D eigenvalue weighted by atomic mass is 35.5. The Kier molecular flexibility index (Phi) is 4.08. The highest BCUT2D eigenvalue weighted by Gasteiger charge is 2.13. The summed E-state index contributed by atoms with van der Waals surface area (Å²) in [5, 5.41) is 8.09. The number of ether oxygens (including phenoxy) is 1. The Morgan fingerprint density at radius 3 is 3.00 bits per heavy atom. The average molecular weight is 336 g/mol. The molecular formula is C14H10ClN3O3S. The van der Waals surface area contributed by atoms with Gasteiger partial charge in [0.05, 0.1) is 11.1 Å². The fourth-order valence-corrected chi connectivity index (χ4v) is 2.57. The number of amides is 1. The molecule has 0 saturated heterocycles. The van der Waals surface area contributed by atoms with E-state index in [9.17, 15) is 4.79 Å². The molecule has 0 aliphatic heterocycles. The summed E-state index contributed by atoms with van der Waals surface area (Å²) < 4.78 is 10.7. The number of thiophene rings is 1. The highest BCUT2D eigenvalue weighted by Crippen LogP contribution is 2.24. The fraction of sp³-hybridized carbons (Fsp3) is 0.0714. The smallest absolute Gasteiger partial charge is 0.258 e. The van der Waals surface area contributed by atoms with Crippen LogP contribution in [0.1, 0.15) is 16.2 Å². The van der Waals surface area contributed by atoms with Gasteiger partial charge in [0.15, 0.2) is 6.61 Å². The molecule has 22 heavy (non-hydrogen) atoms. The van der Waals surface area contributed by atoms with Crippen LogP contribution in [0.2, 0.25) is 5.02 Å². The van der Waals surface area contributed by atoms with Gasteiger partial charge < -0.3 is 15.0 Å². The molecule has 0 unspecified atom stereocenters. The van der Waals surface area contributed by atoms with E-state index in [4.69, 9.17) is 26.6 Å². The monoisotopic (exact) mass is 335 g/mol. The molecule has 0 aliphatic rings. The van der Waals surface area contributed by atoms with Gasteiger partial charge in [-0.15, -0.1) is 0 Å². The van der Waals surface area contributed by atoms with Gasteiger partial charge in [-0.25, -0.2) is 0 Å². The summed E-state index contributed by atoms with van der Waals surface area (Å²) in [6.45, 7) is 0.0360. The van der Waals surface area contributed by atoms with Crippen molar-refractivity contribution in [2.75, 3.05) is 0 Å². The number of benzene rings is 1. The van der Waals surface area contributed by atoms with E-state index in [1.165, 1.54) is 23.5 Å². The molecule has 1 amide bonds. The molecule has 6 nitrogen and oxygen atoms in total. The van der Waals surface area contributed by atoms with Crippen LogP contribution in [0.25, 0.3) is 11.5 Å². The van der Waals surface area contributed by atoms with E-state index < -0.39 is 5.91 Å². The molecule has 1 aromatic carbocycles. The number of carbonyl (C=O) groups is 1. The number of nitrogens with two attached hydrogens (primary N) is 1. The van der Waals surface area contributed by atoms with Crippen LogP contribution in [0.4, 0.5) is 0 Å². The van der Waals surface area contributed by atoms with Crippen LogP contribution in [0.15, 0.2) is 39.5 Å². The molecule has 2 N–H and O–H groups in total. The van der Waals surface area contributed by atoms with Crippen molar-refractivity contribution >= 4 is 28.8 Å². The minimum absolute atomic E-state index is 0.0360. The number of hydrogen-bond acceptors (Lipinski definition) is 6. The Morgan fingerprint density at radius 1 is 1.41 bits per heavy atom. The zero-order chi connectivity index (χ0) is 15.5. The lowest BCUT2D eigenvalue weighted by Crippen LogP contribution is -2.13. The molecule has 2 heterocycles. The first-order valence-electron chi connectivity index (χ1n) is 6.21. The Bertz CT molecular complexity index is 802. The molecule has 112 valence electrons. The van der Waals surface area contributed by atoms with Crippen LogP contribution < -0.4 is 10.5 Å². The molecule has 0 fully saturated rings. The van der Waals surface area contributed by atoms with Crippen LogP contribution >= 0.6 is 22.9 Å². The highest BCUT2D eigenvalue weighted by molar-refractivity contribution is 7.08. The third-order valence-corrected chi connectivity index (χ3v) is 3.72. The first kappa shape index (κ1) is 14.6. The van der Waals surface area contributed by atoms with Crippen LogP contribution in [-0.4, -0.2) is 16.0 Å². The second-order valence-electron chi connectivity index (χ2n) is 4.32. The zero-order valence-electron chi connectivity index (χ0n) is 11.2. The Labute approximate surface area is 134 Å². The maximum absolute atomic E-state index is 11.4. The summed E-state index contributed by atoms with van der Waals surface area (Å²) in [4.78, 5) is 15.6. The third-order valence-electron chi connectivity index (χ3n) is 2.80. The van der Waals surface area contributed by atoms with Crippen molar-refractivity contribution in [1.29, 1.82) is 0 Å². The number of nitrogens with zero attached hydrogens (tertiary/aromatic N) is 2. The number of hydrogen-bond donors (Lipinski definition) is 1. The predicted octanol–water partition coefficient (Wildman–Crippen LogP) is 3.13.